The molecule has 1 unspecified atom stereocenters. The van der Waals surface area contributed by atoms with E-state index in [1.165, 1.54) is 37.7 Å². The zero-order chi connectivity index (χ0) is 20.1. The number of hydrogen-bond acceptors (Lipinski definition) is 4. The number of aromatic nitrogens is 2. The van der Waals surface area contributed by atoms with Crippen LogP contribution in [0.3, 0.4) is 0 Å². The van der Waals surface area contributed by atoms with Crippen LogP contribution in [0.4, 0.5) is 11.6 Å². The molecule has 5 nitrogen and oxygen atoms in total. The average Bonchev–Trinajstić information content (AvgIpc) is 2.76. The number of piperidine rings is 1. The van der Waals surface area contributed by atoms with Crippen LogP contribution < -0.4 is 5.32 Å². The summed E-state index contributed by atoms with van der Waals surface area (Å²) in [5.74, 6) is 1.86. The summed E-state index contributed by atoms with van der Waals surface area (Å²) in [6.07, 6.45) is 11.0. The van der Waals surface area contributed by atoms with Crippen LogP contribution in [0.5, 0.6) is 0 Å². The number of rotatable bonds is 5. The molecule has 1 aliphatic heterocycles. The molecule has 1 amide bonds. The van der Waals surface area contributed by atoms with E-state index in [9.17, 15) is 4.79 Å². The molecule has 1 aromatic heterocycles. The minimum absolute atomic E-state index is 0.291. The number of benzene rings is 1. The van der Waals surface area contributed by atoms with Gasteiger partial charge in [0.15, 0.2) is 0 Å². The third-order valence-corrected chi connectivity index (χ3v) is 6.45. The molecule has 5 heteroatoms. The van der Waals surface area contributed by atoms with Crippen LogP contribution in [0.25, 0.3) is 0 Å². The number of hydrogen-bond donors (Lipinski definition) is 1. The van der Waals surface area contributed by atoms with E-state index in [2.05, 4.69) is 28.2 Å². The van der Waals surface area contributed by atoms with Crippen molar-refractivity contribution in [1.82, 2.24) is 14.9 Å². The van der Waals surface area contributed by atoms with Gasteiger partial charge in [-0.1, -0.05) is 37.5 Å². The molecule has 1 aliphatic carbocycles. The van der Waals surface area contributed by atoms with Crippen molar-refractivity contribution in [3.8, 4) is 0 Å². The molecule has 1 atom stereocenters. The fourth-order valence-corrected chi connectivity index (χ4v) is 4.71. The van der Waals surface area contributed by atoms with E-state index < -0.39 is 0 Å². The fraction of sp³-hybridized carbons (Fsp3) is 0.542. The molecule has 1 N–H and O–H groups in total. The van der Waals surface area contributed by atoms with E-state index in [-0.39, 0.29) is 0 Å². The lowest BCUT2D eigenvalue weighted by Crippen LogP contribution is -2.40. The lowest BCUT2D eigenvalue weighted by atomic mass is 9.86. The molecule has 0 spiro atoms. The highest BCUT2D eigenvalue weighted by molar-refractivity contribution is 5.76. The quantitative estimate of drug-likeness (QED) is 0.759. The molecule has 29 heavy (non-hydrogen) atoms. The van der Waals surface area contributed by atoms with Crippen LogP contribution in [0.15, 0.2) is 36.5 Å². The Morgan fingerprint density at radius 1 is 1.10 bits per heavy atom. The predicted molar refractivity (Wildman–Crippen MR) is 116 cm³/mol. The molecule has 2 aliphatic rings. The Morgan fingerprint density at radius 2 is 1.93 bits per heavy atom. The molecule has 154 valence electrons. The summed E-state index contributed by atoms with van der Waals surface area (Å²) < 4.78 is 0. The summed E-state index contributed by atoms with van der Waals surface area (Å²) in [5.41, 5.74) is 3.22. The monoisotopic (exact) mass is 392 g/mol. The molecule has 0 radical (unpaired) electrons. The van der Waals surface area contributed by atoms with Crippen molar-refractivity contribution in [2.75, 3.05) is 18.4 Å². The lowest BCUT2D eigenvalue weighted by Gasteiger charge is -2.34. The Morgan fingerprint density at radius 3 is 2.76 bits per heavy atom. The number of carbonyl (C=O) groups excluding carboxylic acids is 1. The largest absolute Gasteiger partial charge is 0.342 e. The van der Waals surface area contributed by atoms with Gasteiger partial charge in [0, 0.05) is 37.3 Å². The van der Waals surface area contributed by atoms with Crippen LogP contribution in [-0.2, 0) is 4.79 Å². The standard InChI is InChI=1S/C24H32N4O/c1-18-8-5-6-12-21(18)26-24-25-14-13-22(27-24)20-11-7-15-28(17-20)23(29)16-19-9-3-2-4-10-19/h5-6,8,12-14,19-20H,2-4,7,9-11,15-17H2,1H3,(H,25,26,27). The van der Waals surface area contributed by atoms with Gasteiger partial charge in [0.05, 0.1) is 5.69 Å². The number of para-hydroxylation sites is 1. The molecule has 1 saturated carbocycles. The van der Waals surface area contributed by atoms with Crippen LogP contribution in [-0.4, -0.2) is 33.9 Å². The van der Waals surface area contributed by atoms with Gasteiger partial charge >= 0.3 is 0 Å². The number of likely N-dealkylation sites (tertiary alicyclic amines) is 1. The first-order valence-corrected chi connectivity index (χ1v) is 11.1. The molecule has 2 aromatic rings. The summed E-state index contributed by atoms with van der Waals surface area (Å²) in [4.78, 5) is 24.1. The van der Waals surface area contributed by atoms with Crippen molar-refractivity contribution in [3.05, 3.63) is 47.8 Å². The lowest BCUT2D eigenvalue weighted by molar-refractivity contribution is -0.133. The first-order chi connectivity index (χ1) is 14.2. The summed E-state index contributed by atoms with van der Waals surface area (Å²) in [6, 6.07) is 10.2. The molecule has 2 fully saturated rings. The van der Waals surface area contributed by atoms with Crippen molar-refractivity contribution >= 4 is 17.5 Å². The first kappa shape index (κ1) is 19.9. The smallest absolute Gasteiger partial charge is 0.227 e. The highest BCUT2D eigenvalue weighted by Gasteiger charge is 2.27. The average molecular weight is 393 g/mol. The van der Waals surface area contributed by atoms with Gasteiger partial charge in [-0.25, -0.2) is 9.97 Å². The molecule has 4 rings (SSSR count). The predicted octanol–water partition coefficient (Wildman–Crippen LogP) is 5.21. The normalized spacial score (nSPS) is 20.4. The zero-order valence-corrected chi connectivity index (χ0v) is 17.4. The number of nitrogens with zero attached hydrogens (tertiary/aromatic N) is 3. The van der Waals surface area contributed by atoms with Crippen molar-refractivity contribution in [1.29, 1.82) is 0 Å². The molecular weight excluding hydrogens is 360 g/mol. The van der Waals surface area contributed by atoms with E-state index in [4.69, 9.17) is 4.98 Å². The molecular formula is C24H32N4O. The third-order valence-electron chi connectivity index (χ3n) is 6.45. The number of nitrogens with one attached hydrogen (secondary N) is 1. The van der Waals surface area contributed by atoms with Crippen molar-refractivity contribution in [2.45, 2.75) is 64.2 Å². The minimum Gasteiger partial charge on any atom is -0.342 e. The Bertz CT molecular complexity index is 831. The van der Waals surface area contributed by atoms with E-state index >= 15 is 0 Å². The van der Waals surface area contributed by atoms with Crippen LogP contribution in [0.1, 0.15) is 68.5 Å². The van der Waals surface area contributed by atoms with Gasteiger partial charge in [0.1, 0.15) is 0 Å². The maximum Gasteiger partial charge on any atom is 0.227 e. The van der Waals surface area contributed by atoms with E-state index in [1.807, 2.05) is 30.5 Å². The summed E-state index contributed by atoms with van der Waals surface area (Å²) in [6.45, 7) is 3.75. The SMILES string of the molecule is Cc1ccccc1Nc1nccc(C2CCCN(C(=O)CC3CCCCC3)C2)n1. The second-order valence-electron chi connectivity index (χ2n) is 8.63. The van der Waals surface area contributed by atoms with Crippen LogP contribution in [0, 0.1) is 12.8 Å². The van der Waals surface area contributed by atoms with Gasteiger partial charge in [-0.05, 0) is 56.2 Å². The third kappa shape index (κ3) is 5.14. The van der Waals surface area contributed by atoms with Crippen LogP contribution >= 0.6 is 0 Å². The first-order valence-electron chi connectivity index (χ1n) is 11.1. The fourth-order valence-electron chi connectivity index (χ4n) is 4.71. The molecule has 2 heterocycles. The highest BCUT2D eigenvalue weighted by Crippen LogP contribution is 2.30. The Labute approximate surface area is 173 Å². The van der Waals surface area contributed by atoms with Gasteiger partial charge in [-0.2, -0.15) is 0 Å². The van der Waals surface area contributed by atoms with Gasteiger partial charge < -0.3 is 10.2 Å². The molecule has 0 bridgehead atoms. The Balaban J connectivity index is 1.40. The van der Waals surface area contributed by atoms with E-state index in [0.29, 0.717) is 23.7 Å². The number of carbonyl (C=O) groups is 1. The summed E-state index contributed by atoms with van der Waals surface area (Å²) in [7, 11) is 0. The Hall–Kier alpha value is -2.43. The van der Waals surface area contributed by atoms with Gasteiger partial charge in [0.2, 0.25) is 11.9 Å². The number of amides is 1. The maximum atomic E-state index is 12.9. The molecule has 1 aromatic carbocycles. The Kier molecular flexibility index (Phi) is 6.43. The van der Waals surface area contributed by atoms with Gasteiger partial charge in [0.25, 0.3) is 0 Å². The summed E-state index contributed by atoms with van der Waals surface area (Å²) >= 11 is 0. The maximum absolute atomic E-state index is 12.9. The minimum atomic E-state index is 0.291. The van der Waals surface area contributed by atoms with Crippen molar-refractivity contribution in [3.63, 3.8) is 0 Å². The highest BCUT2D eigenvalue weighted by atomic mass is 16.2. The number of anilines is 2. The van der Waals surface area contributed by atoms with Crippen molar-refractivity contribution in [2.24, 2.45) is 5.92 Å². The molecule has 1 saturated heterocycles. The topological polar surface area (TPSA) is 58.1 Å². The van der Waals surface area contributed by atoms with Crippen molar-refractivity contribution < 1.29 is 4.79 Å². The zero-order valence-electron chi connectivity index (χ0n) is 17.4. The number of aryl methyl sites for hydroxylation is 1. The van der Waals surface area contributed by atoms with Gasteiger partial charge in [-0.3, -0.25) is 4.79 Å². The van der Waals surface area contributed by atoms with E-state index in [0.717, 1.165) is 43.7 Å². The second kappa shape index (κ2) is 9.38. The van der Waals surface area contributed by atoms with E-state index in [1.54, 1.807) is 0 Å². The van der Waals surface area contributed by atoms with Crippen LogP contribution in [0.2, 0.25) is 0 Å². The second-order valence-corrected chi connectivity index (χ2v) is 8.63. The summed E-state index contributed by atoms with van der Waals surface area (Å²) in [5, 5.41) is 3.34. The van der Waals surface area contributed by atoms with Gasteiger partial charge in [-0.15, -0.1) is 0 Å².